The molecule has 0 saturated heterocycles. The SMILES string of the molecule is CB1B=BB=B1. The van der Waals surface area contributed by atoms with E-state index in [1.807, 2.05) is 0 Å². The van der Waals surface area contributed by atoms with E-state index in [1.165, 1.54) is 0 Å². The number of rotatable bonds is 0. The predicted octanol–water partition coefficient (Wildman–Crippen LogP) is -1.32. The van der Waals surface area contributed by atoms with E-state index in [-0.39, 0.29) is 0 Å². The summed E-state index contributed by atoms with van der Waals surface area (Å²) in [6.07, 6.45) is 0. The Morgan fingerprint density at radius 3 is 1.83 bits per heavy atom. The molecule has 1 aliphatic rings. The van der Waals surface area contributed by atoms with Crippen LogP contribution in [0.5, 0.6) is 0 Å². The van der Waals surface area contributed by atoms with Crippen LogP contribution in [-0.2, 0) is 0 Å². The van der Waals surface area contributed by atoms with Crippen LogP contribution < -0.4 is 0 Å². The van der Waals surface area contributed by atoms with Gasteiger partial charge in [0.25, 0.3) is 0 Å². The third-order valence-electron chi connectivity index (χ3n) is 0.940. The second kappa shape index (κ2) is 1.86. The van der Waals surface area contributed by atoms with Gasteiger partial charge in [-0.2, -0.15) is 0 Å². The van der Waals surface area contributed by atoms with E-state index in [0.29, 0.717) is 6.49 Å². The van der Waals surface area contributed by atoms with E-state index < -0.39 is 0 Å². The molecular formula is CH3B5. The normalized spacial score (nSPS) is 11.8. The van der Waals surface area contributed by atoms with Gasteiger partial charge in [-0.3, -0.25) is 0 Å². The van der Waals surface area contributed by atoms with Crippen molar-refractivity contribution in [1.29, 1.82) is 0 Å². The van der Waals surface area contributed by atoms with Crippen LogP contribution in [0.15, 0.2) is 0 Å². The molecule has 0 amide bonds. The molecule has 0 nitrogen and oxygen atoms in total. The van der Waals surface area contributed by atoms with Crippen molar-refractivity contribution in [3.05, 3.63) is 0 Å². The number of hydrogen-bond donors (Lipinski definition) is 0. The molecule has 0 unspecified atom stereocenters. The molecule has 1 aliphatic heterocycles. The molecule has 22 valence electrons. The van der Waals surface area contributed by atoms with Crippen LogP contribution in [-0.4, -0.2) is 33.3 Å². The first-order chi connectivity index (χ1) is 2.89. The molecule has 0 aromatic heterocycles. The zero-order valence-corrected chi connectivity index (χ0v) is 3.89. The molecule has 6 heavy (non-hydrogen) atoms. The van der Waals surface area contributed by atoms with Crippen LogP contribution in [0, 0.1) is 0 Å². The molecule has 1 rings (SSSR count). The Morgan fingerprint density at radius 2 is 1.67 bits per heavy atom. The van der Waals surface area contributed by atoms with Crippen LogP contribution in [0.4, 0.5) is 0 Å². The zero-order chi connectivity index (χ0) is 4.41. The summed E-state index contributed by atoms with van der Waals surface area (Å²) >= 11 is 0. The monoisotopic (exact) mass is 70.1 g/mol. The van der Waals surface area contributed by atoms with E-state index in [4.69, 9.17) is 0 Å². The van der Waals surface area contributed by atoms with Crippen LogP contribution >= 0.6 is 0 Å². The van der Waals surface area contributed by atoms with Crippen molar-refractivity contribution >= 4 is 33.3 Å². The molecule has 0 bridgehead atoms. The topological polar surface area (TPSA) is 0 Å². The second-order valence-electron chi connectivity index (χ2n) is 1.63. The fourth-order valence-corrected chi connectivity index (χ4v) is 0.543. The van der Waals surface area contributed by atoms with E-state index >= 15 is 0 Å². The number of hydrogen-bond acceptors (Lipinski definition) is 0. The first-order valence-corrected chi connectivity index (χ1v) is 2.24. The summed E-state index contributed by atoms with van der Waals surface area (Å²) in [4.78, 5) is 0. The van der Waals surface area contributed by atoms with Crippen molar-refractivity contribution in [3.8, 4) is 0 Å². The Bertz CT molecular complexity index is 80.1. The van der Waals surface area contributed by atoms with Crippen molar-refractivity contribution < 1.29 is 0 Å². The van der Waals surface area contributed by atoms with Gasteiger partial charge in [0.05, 0.1) is 0 Å². The van der Waals surface area contributed by atoms with Gasteiger partial charge in [-0.1, -0.05) is 0 Å². The summed E-state index contributed by atoms with van der Waals surface area (Å²) in [7, 11) is 0. The molecule has 0 aromatic carbocycles. The van der Waals surface area contributed by atoms with Crippen molar-refractivity contribution in [1.82, 2.24) is 0 Å². The van der Waals surface area contributed by atoms with Gasteiger partial charge in [0.2, 0.25) is 0 Å². The summed E-state index contributed by atoms with van der Waals surface area (Å²) < 4.78 is 0. The van der Waals surface area contributed by atoms with E-state index in [9.17, 15) is 0 Å². The minimum absolute atomic E-state index is 0.685. The summed E-state index contributed by atoms with van der Waals surface area (Å²) in [5.74, 6) is 0. The van der Waals surface area contributed by atoms with E-state index in [0.717, 1.165) is 0 Å². The average molecular weight is 69.1 g/mol. The summed E-state index contributed by atoms with van der Waals surface area (Å²) in [6.45, 7) is 11.3. The van der Waals surface area contributed by atoms with Gasteiger partial charge in [0, 0.05) is 0 Å². The Kier molecular flexibility index (Phi) is 1.39. The maximum atomic E-state index is 2.17. The Balaban J connectivity index is 2.60. The predicted molar refractivity (Wildman–Crippen MR) is 34.6 cm³/mol. The van der Waals surface area contributed by atoms with Crippen LogP contribution in [0.25, 0.3) is 0 Å². The fourth-order valence-electron chi connectivity index (χ4n) is 0.543. The van der Waals surface area contributed by atoms with Gasteiger partial charge in [-0.25, -0.2) is 0 Å². The fraction of sp³-hybridized carbons (Fsp3) is 1.00. The molecule has 0 saturated carbocycles. The van der Waals surface area contributed by atoms with Crippen molar-refractivity contribution in [2.24, 2.45) is 0 Å². The molecule has 1 heterocycles. The maximum absolute atomic E-state index is 2.17. The van der Waals surface area contributed by atoms with Gasteiger partial charge in [-0.15, -0.1) is 0 Å². The standard InChI is InChI=1S/CH3B5/c1-6-4-2-3-5-6/h1H3. The zero-order valence-electron chi connectivity index (χ0n) is 3.89. The van der Waals surface area contributed by atoms with Crippen LogP contribution in [0.3, 0.4) is 0 Å². The molecule has 0 fully saturated rings. The van der Waals surface area contributed by atoms with Crippen LogP contribution in [0.1, 0.15) is 0 Å². The summed E-state index contributed by atoms with van der Waals surface area (Å²) in [5, 5.41) is 0. The van der Waals surface area contributed by atoms with Gasteiger partial charge < -0.3 is 0 Å². The third-order valence-corrected chi connectivity index (χ3v) is 0.940. The van der Waals surface area contributed by atoms with Crippen molar-refractivity contribution in [2.45, 2.75) is 6.82 Å². The van der Waals surface area contributed by atoms with E-state index in [1.54, 1.807) is 0 Å². The Hall–Kier alpha value is 0.325. The van der Waals surface area contributed by atoms with Gasteiger partial charge in [0.1, 0.15) is 0 Å². The van der Waals surface area contributed by atoms with Crippen molar-refractivity contribution in [2.75, 3.05) is 0 Å². The molecular weight excluding hydrogens is 66.1 g/mol. The quantitative estimate of drug-likeness (QED) is 0.309. The minimum atomic E-state index is 0.685. The third kappa shape index (κ3) is 0.891. The molecule has 0 aliphatic carbocycles. The first kappa shape index (κ1) is 4.48. The van der Waals surface area contributed by atoms with E-state index in [2.05, 4.69) is 33.6 Å². The molecule has 0 atom stereocenters. The Labute approximate surface area is 40.9 Å². The van der Waals surface area contributed by atoms with Gasteiger partial charge in [-0.05, 0) is 0 Å². The molecule has 0 N–H and O–H groups in total. The second-order valence-corrected chi connectivity index (χ2v) is 1.63. The summed E-state index contributed by atoms with van der Waals surface area (Å²) in [6, 6.07) is 0. The van der Waals surface area contributed by atoms with Crippen LogP contribution in [0.2, 0.25) is 6.82 Å². The molecule has 0 radical (unpaired) electrons. The van der Waals surface area contributed by atoms with Crippen molar-refractivity contribution in [3.63, 3.8) is 0 Å². The average Bonchev–Trinajstić information content (AvgIpc) is 1.86. The van der Waals surface area contributed by atoms with Gasteiger partial charge in [0.15, 0.2) is 0 Å². The summed E-state index contributed by atoms with van der Waals surface area (Å²) in [5.41, 5.74) is 0. The Morgan fingerprint density at radius 1 is 1.17 bits per heavy atom. The molecule has 5 heteroatoms. The van der Waals surface area contributed by atoms with Gasteiger partial charge >= 0.3 is 40.1 Å². The molecule has 0 aromatic rings. The molecule has 0 spiro atoms. The first-order valence-electron chi connectivity index (χ1n) is 2.24.